The number of carbonyl (C=O) groups excluding carboxylic acids is 1. The summed E-state index contributed by atoms with van der Waals surface area (Å²) in [6.45, 7) is 1.54. The summed E-state index contributed by atoms with van der Waals surface area (Å²) < 4.78 is 65.9. The molecule has 1 aromatic carbocycles. The van der Waals surface area contributed by atoms with Crippen LogP contribution in [-0.2, 0) is 27.5 Å². The van der Waals surface area contributed by atoms with Gasteiger partial charge in [-0.3, -0.25) is 9.48 Å². The number of hydrogen-bond acceptors (Lipinski definition) is 4. The van der Waals surface area contributed by atoms with Crippen LogP contribution in [0.3, 0.4) is 0 Å². The quantitative estimate of drug-likeness (QED) is 0.726. The maximum Gasteiger partial charge on any atom is 0.435 e. The molecule has 7 nitrogen and oxygen atoms in total. The van der Waals surface area contributed by atoms with E-state index >= 15 is 0 Å². The number of aromatic nitrogens is 2. The van der Waals surface area contributed by atoms with Crippen LogP contribution in [0.15, 0.2) is 35.2 Å². The van der Waals surface area contributed by atoms with Crippen LogP contribution < -0.4 is 10.0 Å². The fourth-order valence-electron chi connectivity index (χ4n) is 2.73. The Balaban J connectivity index is 1.70. The van der Waals surface area contributed by atoms with Gasteiger partial charge in [-0.15, -0.1) is 0 Å². The summed E-state index contributed by atoms with van der Waals surface area (Å²) >= 11 is 0. The number of hydrogen-bond donors (Lipinski definition) is 2. The van der Waals surface area contributed by atoms with E-state index in [1.165, 1.54) is 24.3 Å². The minimum Gasteiger partial charge on any atom is -0.324 e. The summed E-state index contributed by atoms with van der Waals surface area (Å²) in [6.07, 6.45) is -3.03. The van der Waals surface area contributed by atoms with E-state index in [9.17, 15) is 26.4 Å². The molecule has 0 unspecified atom stereocenters. The number of rotatable bonds is 7. The molecule has 0 saturated heterocycles. The van der Waals surface area contributed by atoms with Crippen LogP contribution >= 0.6 is 0 Å². The standard InChI is InChI=1S/C17H19F3N4O3S/c1-2-21-28(26,27)13-7-5-12(6-8-13)22-16(25)10-24-14(11-3-4-11)9-15(23-24)17(18,19)20/h5-9,11,21H,2-4,10H2,1H3,(H,22,25). The molecule has 1 aromatic heterocycles. The molecule has 1 aliphatic rings. The van der Waals surface area contributed by atoms with Crippen molar-refractivity contribution in [3.8, 4) is 0 Å². The first kappa shape index (κ1) is 20.3. The number of benzene rings is 1. The third-order valence-electron chi connectivity index (χ3n) is 4.17. The summed E-state index contributed by atoms with van der Waals surface area (Å²) in [7, 11) is -3.61. The molecule has 0 atom stereocenters. The van der Waals surface area contributed by atoms with Crippen LogP contribution in [0.4, 0.5) is 18.9 Å². The van der Waals surface area contributed by atoms with Gasteiger partial charge >= 0.3 is 6.18 Å². The van der Waals surface area contributed by atoms with Gasteiger partial charge in [-0.05, 0) is 43.2 Å². The number of halogens is 3. The number of carbonyl (C=O) groups is 1. The predicted molar refractivity (Wildman–Crippen MR) is 95.1 cm³/mol. The minimum absolute atomic E-state index is 0.00745. The van der Waals surface area contributed by atoms with Crippen LogP contribution in [0.2, 0.25) is 0 Å². The zero-order valence-corrected chi connectivity index (χ0v) is 15.8. The van der Waals surface area contributed by atoms with E-state index in [-0.39, 0.29) is 23.9 Å². The molecule has 1 fully saturated rings. The molecule has 152 valence electrons. The molecule has 2 aromatic rings. The Kier molecular flexibility index (Phi) is 5.48. The molecule has 1 saturated carbocycles. The van der Waals surface area contributed by atoms with Crippen LogP contribution in [0.5, 0.6) is 0 Å². The van der Waals surface area contributed by atoms with Crippen LogP contribution in [0.25, 0.3) is 0 Å². The third kappa shape index (κ3) is 4.71. The van der Waals surface area contributed by atoms with Gasteiger partial charge < -0.3 is 5.32 Å². The lowest BCUT2D eigenvalue weighted by Gasteiger charge is -2.09. The second kappa shape index (κ2) is 7.55. The second-order valence-electron chi connectivity index (χ2n) is 6.46. The van der Waals surface area contributed by atoms with Gasteiger partial charge in [0.2, 0.25) is 15.9 Å². The third-order valence-corrected chi connectivity index (χ3v) is 5.73. The van der Waals surface area contributed by atoms with E-state index in [0.717, 1.165) is 23.6 Å². The Morgan fingerprint density at radius 1 is 1.25 bits per heavy atom. The predicted octanol–water partition coefficient (Wildman–Crippen LogP) is 2.72. The van der Waals surface area contributed by atoms with Crippen molar-refractivity contribution in [2.45, 2.75) is 43.3 Å². The minimum atomic E-state index is -4.57. The van der Waals surface area contributed by atoms with Crippen LogP contribution in [0, 0.1) is 0 Å². The molecule has 1 aliphatic carbocycles. The zero-order chi connectivity index (χ0) is 20.5. The lowest BCUT2D eigenvalue weighted by atomic mass is 10.2. The van der Waals surface area contributed by atoms with Gasteiger partial charge in [0.1, 0.15) is 6.54 Å². The molecule has 0 spiro atoms. The van der Waals surface area contributed by atoms with Crippen LogP contribution in [-0.4, -0.2) is 30.7 Å². The molecule has 0 aliphatic heterocycles. The average Bonchev–Trinajstić information content (AvgIpc) is 3.35. The van der Waals surface area contributed by atoms with E-state index in [4.69, 9.17) is 0 Å². The first-order valence-electron chi connectivity index (χ1n) is 8.64. The number of amides is 1. The Labute approximate surface area is 160 Å². The second-order valence-corrected chi connectivity index (χ2v) is 8.22. The van der Waals surface area contributed by atoms with Crippen molar-refractivity contribution < 1.29 is 26.4 Å². The Bertz CT molecular complexity index is 965. The molecule has 1 heterocycles. The smallest absolute Gasteiger partial charge is 0.324 e. The highest BCUT2D eigenvalue weighted by molar-refractivity contribution is 7.89. The SMILES string of the molecule is CCNS(=O)(=O)c1ccc(NC(=O)Cn2nc(C(F)(F)F)cc2C2CC2)cc1. The monoisotopic (exact) mass is 416 g/mol. The highest BCUT2D eigenvalue weighted by Crippen LogP contribution is 2.42. The van der Waals surface area contributed by atoms with Gasteiger partial charge in [-0.2, -0.15) is 18.3 Å². The molecule has 0 bridgehead atoms. The Hall–Kier alpha value is -2.40. The van der Waals surface area contributed by atoms with Gasteiger partial charge in [-0.25, -0.2) is 13.1 Å². The highest BCUT2D eigenvalue weighted by atomic mass is 32.2. The van der Waals surface area contributed by atoms with Gasteiger partial charge in [-0.1, -0.05) is 6.92 Å². The first-order chi connectivity index (χ1) is 13.1. The highest BCUT2D eigenvalue weighted by Gasteiger charge is 2.38. The molecule has 0 radical (unpaired) electrons. The van der Waals surface area contributed by atoms with E-state index in [1.54, 1.807) is 6.92 Å². The molecule has 3 rings (SSSR count). The normalized spacial score (nSPS) is 14.9. The lowest BCUT2D eigenvalue weighted by Crippen LogP contribution is -2.23. The lowest BCUT2D eigenvalue weighted by molar-refractivity contribution is -0.141. The van der Waals surface area contributed by atoms with Crippen molar-refractivity contribution in [2.24, 2.45) is 0 Å². The van der Waals surface area contributed by atoms with Crippen molar-refractivity contribution in [2.75, 3.05) is 11.9 Å². The number of nitrogens with zero attached hydrogens (tertiary/aromatic N) is 2. The van der Waals surface area contributed by atoms with E-state index < -0.39 is 27.8 Å². The topological polar surface area (TPSA) is 93.1 Å². The summed E-state index contributed by atoms with van der Waals surface area (Å²) in [5.74, 6) is -0.562. The van der Waals surface area contributed by atoms with Gasteiger partial charge in [0.15, 0.2) is 5.69 Å². The van der Waals surface area contributed by atoms with E-state index in [0.29, 0.717) is 11.4 Å². The molecular formula is C17H19F3N4O3S. The Morgan fingerprint density at radius 2 is 1.89 bits per heavy atom. The summed E-state index contributed by atoms with van der Waals surface area (Å²) in [5, 5.41) is 6.07. The van der Waals surface area contributed by atoms with Crippen molar-refractivity contribution >= 4 is 21.6 Å². The molecule has 2 N–H and O–H groups in total. The molecule has 1 amide bonds. The first-order valence-corrected chi connectivity index (χ1v) is 10.1. The van der Waals surface area contributed by atoms with Gasteiger partial charge in [0.05, 0.1) is 4.90 Å². The molecule has 11 heteroatoms. The van der Waals surface area contributed by atoms with Crippen molar-refractivity contribution in [1.29, 1.82) is 0 Å². The maximum atomic E-state index is 12.9. The molecule has 28 heavy (non-hydrogen) atoms. The maximum absolute atomic E-state index is 12.9. The van der Waals surface area contributed by atoms with Gasteiger partial charge in [0.25, 0.3) is 0 Å². The fraction of sp³-hybridized carbons (Fsp3) is 0.412. The summed E-state index contributed by atoms with van der Waals surface area (Å²) in [4.78, 5) is 12.3. The Morgan fingerprint density at radius 3 is 2.43 bits per heavy atom. The van der Waals surface area contributed by atoms with E-state index in [1.807, 2.05) is 0 Å². The zero-order valence-electron chi connectivity index (χ0n) is 15.0. The van der Waals surface area contributed by atoms with Crippen LogP contribution in [0.1, 0.15) is 37.1 Å². The number of sulfonamides is 1. The average molecular weight is 416 g/mol. The van der Waals surface area contributed by atoms with Gasteiger partial charge in [0, 0.05) is 23.8 Å². The number of anilines is 1. The largest absolute Gasteiger partial charge is 0.435 e. The fourth-order valence-corrected chi connectivity index (χ4v) is 3.77. The summed E-state index contributed by atoms with van der Waals surface area (Å²) in [5.41, 5.74) is -0.286. The number of nitrogens with one attached hydrogen (secondary N) is 2. The van der Waals surface area contributed by atoms with E-state index in [2.05, 4.69) is 15.1 Å². The van der Waals surface area contributed by atoms with Crippen molar-refractivity contribution in [3.05, 3.63) is 41.7 Å². The van der Waals surface area contributed by atoms with Crippen molar-refractivity contribution in [3.63, 3.8) is 0 Å². The number of alkyl halides is 3. The summed E-state index contributed by atoms with van der Waals surface area (Å²) in [6, 6.07) is 6.48. The molecular weight excluding hydrogens is 397 g/mol. The van der Waals surface area contributed by atoms with Crippen molar-refractivity contribution in [1.82, 2.24) is 14.5 Å².